The minimum absolute atomic E-state index is 0.299. The van der Waals surface area contributed by atoms with Crippen LogP contribution in [0.25, 0.3) is 44.2 Å². The first-order valence-electron chi connectivity index (χ1n) is 13.3. The Labute approximate surface area is 227 Å². The second kappa shape index (κ2) is 9.15. The summed E-state index contributed by atoms with van der Waals surface area (Å²) in [7, 11) is 1.65. The number of hydrogen-bond donors (Lipinski definition) is 1. The predicted molar refractivity (Wildman–Crippen MR) is 154 cm³/mol. The second-order valence-corrected chi connectivity index (χ2v) is 11.2. The van der Waals surface area contributed by atoms with E-state index in [1.807, 2.05) is 39.2 Å². The number of nitrogens with zero attached hydrogens (tertiary/aromatic N) is 4. The number of ether oxygens (including phenoxy) is 2. The fourth-order valence-electron chi connectivity index (χ4n) is 5.50. The summed E-state index contributed by atoms with van der Waals surface area (Å²) in [5.74, 6) is 0.685. The van der Waals surface area contributed by atoms with Crippen LogP contribution in [0.5, 0.6) is 5.75 Å². The van der Waals surface area contributed by atoms with Gasteiger partial charge in [0, 0.05) is 46.3 Å². The lowest BCUT2D eigenvalue weighted by molar-refractivity contribution is 0.0329. The largest absolute Gasteiger partial charge is 0.493 e. The van der Waals surface area contributed by atoms with Crippen LogP contribution in [0, 0.1) is 13.8 Å². The number of aromatic amines is 1. The van der Waals surface area contributed by atoms with Crippen molar-refractivity contribution in [3.63, 3.8) is 0 Å². The molecule has 39 heavy (non-hydrogen) atoms. The van der Waals surface area contributed by atoms with Gasteiger partial charge in [-0.1, -0.05) is 6.07 Å². The summed E-state index contributed by atoms with van der Waals surface area (Å²) in [5.41, 5.74) is 9.14. The van der Waals surface area contributed by atoms with Crippen LogP contribution in [0.4, 0.5) is 4.79 Å². The van der Waals surface area contributed by atoms with Crippen molar-refractivity contribution in [1.82, 2.24) is 24.5 Å². The van der Waals surface area contributed by atoms with Crippen molar-refractivity contribution in [3.8, 4) is 16.9 Å². The quantitative estimate of drug-likeness (QED) is 0.274. The standard InChI is InChI=1S/C31H33N5O3/c1-18-19(2)28-24-12-20(21-8-7-11-35(15-21)30(37)39-31(3,4)5)9-10-25(24)34-26(28)14-23(18)22-13-27(38-6)29-32-17-33-36(29)16-22/h9-10,12-17,34H,7-8,11H2,1-6H3. The van der Waals surface area contributed by atoms with Crippen LogP contribution >= 0.6 is 0 Å². The number of hydrogen-bond acceptors (Lipinski definition) is 5. The smallest absolute Gasteiger partial charge is 0.414 e. The Kier molecular flexibility index (Phi) is 5.86. The fourth-order valence-corrected chi connectivity index (χ4v) is 5.50. The molecule has 0 spiro atoms. The van der Waals surface area contributed by atoms with Gasteiger partial charge in [0.15, 0.2) is 11.4 Å². The Hall–Kier alpha value is -4.33. The molecule has 0 unspecified atom stereocenters. The van der Waals surface area contributed by atoms with Crippen molar-refractivity contribution in [3.05, 3.63) is 65.7 Å². The predicted octanol–water partition coefficient (Wildman–Crippen LogP) is 7.03. The molecule has 1 N–H and O–H groups in total. The van der Waals surface area contributed by atoms with E-state index in [0.717, 1.165) is 46.1 Å². The van der Waals surface area contributed by atoms with Gasteiger partial charge in [-0.25, -0.2) is 14.3 Å². The summed E-state index contributed by atoms with van der Waals surface area (Å²) in [5, 5.41) is 6.72. The van der Waals surface area contributed by atoms with Crippen LogP contribution in [0.1, 0.15) is 50.3 Å². The van der Waals surface area contributed by atoms with E-state index in [9.17, 15) is 4.79 Å². The Bertz CT molecular complexity index is 1790. The fraction of sp³-hybridized carbons (Fsp3) is 0.323. The van der Waals surface area contributed by atoms with Crippen molar-refractivity contribution in [2.24, 2.45) is 0 Å². The summed E-state index contributed by atoms with van der Waals surface area (Å²) in [6, 6.07) is 10.7. The van der Waals surface area contributed by atoms with E-state index in [1.165, 1.54) is 28.2 Å². The molecule has 1 aliphatic heterocycles. The summed E-state index contributed by atoms with van der Waals surface area (Å²) in [6.45, 7) is 10.7. The lowest BCUT2D eigenvalue weighted by atomic mass is 9.93. The lowest BCUT2D eigenvalue weighted by Gasteiger charge is -2.28. The van der Waals surface area contributed by atoms with E-state index in [1.54, 1.807) is 16.5 Å². The molecule has 0 bridgehead atoms. The van der Waals surface area contributed by atoms with E-state index in [2.05, 4.69) is 53.2 Å². The number of methoxy groups -OCH3 is 1. The maximum Gasteiger partial charge on any atom is 0.414 e. The van der Waals surface area contributed by atoms with Crippen molar-refractivity contribution in [2.45, 2.75) is 53.1 Å². The number of pyridine rings is 1. The molecule has 0 radical (unpaired) electrons. The number of H-pyrrole nitrogens is 1. The number of carbonyl (C=O) groups excluding carboxylic acids is 1. The number of allylic oxidation sites excluding steroid dienone is 1. The first-order valence-corrected chi connectivity index (χ1v) is 13.3. The molecule has 2 aromatic carbocycles. The van der Waals surface area contributed by atoms with Gasteiger partial charge < -0.3 is 14.5 Å². The van der Waals surface area contributed by atoms with Gasteiger partial charge in [-0.15, -0.1) is 0 Å². The van der Waals surface area contributed by atoms with Gasteiger partial charge in [-0.3, -0.25) is 4.90 Å². The molecule has 0 atom stereocenters. The van der Waals surface area contributed by atoms with E-state index < -0.39 is 5.60 Å². The molecular formula is C31H33N5O3. The zero-order valence-electron chi connectivity index (χ0n) is 23.3. The average molecular weight is 524 g/mol. The van der Waals surface area contributed by atoms with Gasteiger partial charge in [-0.2, -0.15) is 5.10 Å². The summed E-state index contributed by atoms with van der Waals surface area (Å²) < 4.78 is 13.0. The number of nitrogens with one attached hydrogen (secondary N) is 1. The van der Waals surface area contributed by atoms with Crippen molar-refractivity contribution >= 4 is 39.1 Å². The molecule has 4 heterocycles. The van der Waals surface area contributed by atoms with Crippen molar-refractivity contribution in [1.29, 1.82) is 0 Å². The van der Waals surface area contributed by atoms with Gasteiger partial charge in [0.25, 0.3) is 0 Å². The van der Waals surface area contributed by atoms with Gasteiger partial charge >= 0.3 is 6.09 Å². The molecule has 1 aliphatic rings. The first-order chi connectivity index (χ1) is 18.6. The van der Waals surface area contributed by atoms with Crippen LogP contribution in [0.2, 0.25) is 0 Å². The monoisotopic (exact) mass is 523 g/mol. The summed E-state index contributed by atoms with van der Waals surface area (Å²) in [4.78, 5) is 22.3. The molecule has 0 aliphatic carbocycles. The highest BCUT2D eigenvalue weighted by Gasteiger charge is 2.24. The minimum atomic E-state index is -0.522. The molecule has 3 aromatic heterocycles. The second-order valence-electron chi connectivity index (χ2n) is 11.2. The SMILES string of the molecule is COc1cc(-c2cc3[nH]c4ccc(C5=CN(C(=O)OC(C)(C)C)CCC5)cc4c3c(C)c2C)cn2ncnc12. The van der Waals surface area contributed by atoms with E-state index in [0.29, 0.717) is 17.9 Å². The number of fused-ring (bicyclic) bond motifs is 4. The van der Waals surface area contributed by atoms with Gasteiger partial charge in [0.1, 0.15) is 11.9 Å². The maximum absolute atomic E-state index is 12.7. The van der Waals surface area contributed by atoms with Gasteiger partial charge in [0.05, 0.1) is 7.11 Å². The van der Waals surface area contributed by atoms with Gasteiger partial charge in [-0.05, 0) is 99.6 Å². The van der Waals surface area contributed by atoms with E-state index in [-0.39, 0.29) is 6.09 Å². The highest BCUT2D eigenvalue weighted by atomic mass is 16.6. The first kappa shape index (κ1) is 25.0. The molecular weight excluding hydrogens is 490 g/mol. The maximum atomic E-state index is 12.7. The van der Waals surface area contributed by atoms with Crippen molar-refractivity contribution in [2.75, 3.05) is 13.7 Å². The molecule has 5 aromatic rings. The van der Waals surface area contributed by atoms with Crippen LogP contribution in [0.15, 0.2) is 49.1 Å². The van der Waals surface area contributed by atoms with E-state index >= 15 is 0 Å². The molecule has 0 fully saturated rings. The Morgan fingerprint density at radius 3 is 2.64 bits per heavy atom. The summed E-state index contributed by atoms with van der Waals surface area (Å²) >= 11 is 0. The molecule has 0 saturated carbocycles. The van der Waals surface area contributed by atoms with Crippen LogP contribution in [-0.2, 0) is 4.74 Å². The third kappa shape index (κ3) is 4.39. The summed E-state index contributed by atoms with van der Waals surface area (Å²) in [6.07, 6.45) is 7.00. The van der Waals surface area contributed by atoms with Gasteiger partial charge in [0.2, 0.25) is 0 Å². The highest BCUT2D eigenvalue weighted by molar-refractivity contribution is 6.11. The Morgan fingerprint density at radius 1 is 1.05 bits per heavy atom. The third-order valence-corrected chi connectivity index (χ3v) is 7.49. The van der Waals surface area contributed by atoms with Crippen LogP contribution in [0.3, 0.4) is 0 Å². The highest BCUT2D eigenvalue weighted by Crippen LogP contribution is 2.38. The Morgan fingerprint density at radius 2 is 1.87 bits per heavy atom. The zero-order valence-corrected chi connectivity index (χ0v) is 23.3. The lowest BCUT2D eigenvalue weighted by Crippen LogP contribution is -2.35. The molecule has 8 nitrogen and oxygen atoms in total. The number of aromatic nitrogens is 4. The topological polar surface area (TPSA) is 84.8 Å². The Balaban J connectivity index is 1.43. The number of benzene rings is 2. The van der Waals surface area contributed by atoms with Crippen molar-refractivity contribution < 1.29 is 14.3 Å². The van der Waals surface area contributed by atoms with Crippen LogP contribution in [-0.4, -0.2) is 49.8 Å². The molecule has 1 amide bonds. The average Bonchev–Trinajstić information content (AvgIpc) is 3.53. The number of rotatable bonds is 3. The number of carbonyl (C=O) groups is 1. The van der Waals surface area contributed by atoms with E-state index in [4.69, 9.17) is 9.47 Å². The normalized spacial score (nSPS) is 14.3. The molecule has 200 valence electrons. The third-order valence-electron chi connectivity index (χ3n) is 7.49. The zero-order chi connectivity index (χ0) is 27.5. The number of amides is 1. The molecule has 8 heteroatoms. The number of aryl methyl sites for hydroxylation is 1. The molecule has 0 saturated heterocycles. The van der Waals surface area contributed by atoms with Crippen LogP contribution < -0.4 is 4.74 Å². The minimum Gasteiger partial charge on any atom is -0.493 e. The molecule has 6 rings (SSSR count).